The summed E-state index contributed by atoms with van der Waals surface area (Å²) in [6.07, 6.45) is 3.34. The molecule has 1 aliphatic rings. The van der Waals surface area contributed by atoms with Gasteiger partial charge in [-0.3, -0.25) is 14.6 Å². The molecule has 0 spiro atoms. The number of anilines is 1. The van der Waals surface area contributed by atoms with Crippen LogP contribution in [-0.4, -0.2) is 53.1 Å². The number of rotatable bonds is 5. The van der Waals surface area contributed by atoms with Gasteiger partial charge < -0.3 is 14.3 Å². The third-order valence-corrected chi connectivity index (χ3v) is 4.21. The van der Waals surface area contributed by atoms with Gasteiger partial charge in [-0.25, -0.2) is 4.98 Å². The summed E-state index contributed by atoms with van der Waals surface area (Å²) in [6.45, 7) is 1.28. The number of carbonyl (C=O) groups is 1. The topological polar surface area (TPSA) is 95.3 Å². The molecule has 0 bridgehead atoms. The van der Waals surface area contributed by atoms with Gasteiger partial charge in [0.1, 0.15) is 5.76 Å². The first-order chi connectivity index (χ1) is 11.5. The summed E-state index contributed by atoms with van der Waals surface area (Å²) < 4.78 is 5.01. The first kappa shape index (κ1) is 16.2. The lowest BCUT2D eigenvalue weighted by molar-refractivity contribution is -0.130. The SMILES string of the molecule is CN(C)c1nc([C@H]2CCN(C(=O)CCc3ccno3)C2)cc(=O)[nH]1. The average Bonchev–Trinajstić information content (AvgIpc) is 3.23. The molecule has 0 unspecified atom stereocenters. The third-order valence-electron chi connectivity index (χ3n) is 4.21. The fourth-order valence-corrected chi connectivity index (χ4v) is 2.87. The Morgan fingerprint density at radius 2 is 2.33 bits per heavy atom. The lowest BCUT2D eigenvalue weighted by atomic mass is 10.1. The average molecular weight is 331 g/mol. The molecule has 0 radical (unpaired) electrons. The van der Waals surface area contributed by atoms with Crippen molar-refractivity contribution in [2.45, 2.75) is 25.2 Å². The van der Waals surface area contributed by atoms with Crippen LogP contribution in [0.5, 0.6) is 0 Å². The van der Waals surface area contributed by atoms with Crippen LogP contribution in [0.1, 0.15) is 30.2 Å². The molecule has 1 N–H and O–H groups in total. The van der Waals surface area contributed by atoms with Gasteiger partial charge in [0.25, 0.3) is 5.56 Å². The van der Waals surface area contributed by atoms with Crippen molar-refractivity contribution < 1.29 is 9.32 Å². The maximum absolute atomic E-state index is 12.3. The van der Waals surface area contributed by atoms with Gasteiger partial charge >= 0.3 is 0 Å². The van der Waals surface area contributed by atoms with E-state index in [0.717, 1.165) is 12.1 Å². The third kappa shape index (κ3) is 3.64. The van der Waals surface area contributed by atoms with Crippen molar-refractivity contribution in [3.63, 3.8) is 0 Å². The number of hydrogen-bond donors (Lipinski definition) is 1. The molecule has 3 heterocycles. The van der Waals surface area contributed by atoms with Crippen molar-refractivity contribution in [3.05, 3.63) is 40.1 Å². The minimum absolute atomic E-state index is 0.0894. The number of nitrogens with zero attached hydrogens (tertiary/aromatic N) is 4. The Hall–Kier alpha value is -2.64. The fourth-order valence-electron chi connectivity index (χ4n) is 2.87. The standard InChI is InChI=1S/C16H21N5O3/c1-20(2)16-18-13(9-14(22)19-16)11-6-8-21(10-11)15(23)4-3-12-5-7-17-24-12/h5,7,9,11H,3-4,6,8,10H2,1-2H3,(H,18,19,22)/t11-/m0/s1. The van der Waals surface area contributed by atoms with E-state index < -0.39 is 0 Å². The highest BCUT2D eigenvalue weighted by Crippen LogP contribution is 2.26. The highest BCUT2D eigenvalue weighted by Gasteiger charge is 2.28. The Labute approximate surface area is 139 Å². The van der Waals surface area contributed by atoms with E-state index >= 15 is 0 Å². The Morgan fingerprint density at radius 1 is 1.50 bits per heavy atom. The van der Waals surface area contributed by atoms with Crippen LogP contribution in [0, 0.1) is 0 Å². The summed E-state index contributed by atoms with van der Waals surface area (Å²) >= 11 is 0. The van der Waals surface area contributed by atoms with Crippen LogP contribution in [0.2, 0.25) is 0 Å². The van der Waals surface area contributed by atoms with Crippen LogP contribution in [0.25, 0.3) is 0 Å². The van der Waals surface area contributed by atoms with E-state index in [1.807, 2.05) is 19.0 Å². The van der Waals surface area contributed by atoms with E-state index in [-0.39, 0.29) is 17.4 Å². The summed E-state index contributed by atoms with van der Waals surface area (Å²) in [5.74, 6) is 1.44. The van der Waals surface area contributed by atoms with Crippen LogP contribution in [0.15, 0.2) is 27.6 Å². The van der Waals surface area contributed by atoms with Gasteiger partial charge in [0.2, 0.25) is 11.9 Å². The second kappa shape index (κ2) is 6.86. The quantitative estimate of drug-likeness (QED) is 0.869. The van der Waals surface area contributed by atoms with Gasteiger partial charge in [0.05, 0.1) is 11.9 Å². The van der Waals surface area contributed by atoms with Crippen LogP contribution in [-0.2, 0) is 11.2 Å². The van der Waals surface area contributed by atoms with Crippen molar-refractivity contribution in [3.8, 4) is 0 Å². The van der Waals surface area contributed by atoms with Gasteiger partial charge in [0, 0.05) is 58.1 Å². The van der Waals surface area contributed by atoms with E-state index in [1.165, 1.54) is 6.07 Å². The van der Waals surface area contributed by atoms with Crippen LogP contribution >= 0.6 is 0 Å². The molecule has 0 saturated carbocycles. The highest BCUT2D eigenvalue weighted by molar-refractivity contribution is 5.76. The minimum Gasteiger partial charge on any atom is -0.361 e. The number of aryl methyl sites for hydroxylation is 1. The van der Waals surface area contributed by atoms with Gasteiger partial charge in [-0.1, -0.05) is 5.16 Å². The van der Waals surface area contributed by atoms with E-state index in [9.17, 15) is 9.59 Å². The maximum atomic E-state index is 12.3. The number of carbonyl (C=O) groups excluding carboxylic acids is 1. The molecule has 128 valence electrons. The predicted molar refractivity (Wildman–Crippen MR) is 87.9 cm³/mol. The number of aromatic nitrogens is 3. The summed E-state index contributed by atoms with van der Waals surface area (Å²) in [4.78, 5) is 34.9. The Kier molecular flexibility index (Phi) is 4.64. The predicted octanol–water partition coefficient (Wildman–Crippen LogP) is 0.773. The molecule has 0 aliphatic carbocycles. The largest absolute Gasteiger partial charge is 0.361 e. The van der Waals surface area contributed by atoms with Crippen molar-refractivity contribution >= 4 is 11.9 Å². The van der Waals surface area contributed by atoms with E-state index in [0.29, 0.717) is 37.6 Å². The Balaban J connectivity index is 1.62. The summed E-state index contributed by atoms with van der Waals surface area (Å²) in [5.41, 5.74) is 0.576. The molecule has 1 aliphatic heterocycles. The monoisotopic (exact) mass is 331 g/mol. The molecule has 1 saturated heterocycles. The molecule has 8 heteroatoms. The first-order valence-corrected chi connectivity index (χ1v) is 7.99. The highest BCUT2D eigenvalue weighted by atomic mass is 16.5. The Bertz CT molecular complexity index is 753. The van der Waals surface area contributed by atoms with Gasteiger partial charge in [-0.05, 0) is 6.42 Å². The van der Waals surface area contributed by atoms with Crippen LogP contribution in [0.4, 0.5) is 5.95 Å². The van der Waals surface area contributed by atoms with Crippen LogP contribution in [0.3, 0.4) is 0 Å². The Morgan fingerprint density at radius 3 is 3.04 bits per heavy atom. The number of likely N-dealkylation sites (tertiary alicyclic amines) is 1. The zero-order valence-corrected chi connectivity index (χ0v) is 13.9. The molecule has 1 atom stereocenters. The number of amides is 1. The van der Waals surface area contributed by atoms with Gasteiger partial charge in [-0.15, -0.1) is 0 Å². The molecule has 1 fully saturated rings. The molecule has 8 nitrogen and oxygen atoms in total. The number of aromatic amines is 1. The fraction of sp³-hybridized carbons (Fsp3) is 0.500. The van der Waals surface area contributed by atoms with Gasteiger partial charge in [-0.2, -0.15) is 0 Å². The van der Waals surface area contributed by atoms with Crippen LogP contribution < -0.4 is 10.5 Å². The second-order valence-corrected chi connectivity index (χ2v) is 6.19. The molecule has 2 aromatic heterocycles. The zero-order chi connectivity index (χ0) is 17.1. The molecule has 0 aromatic carbocycles. The summed E-state index contributed by atoms with van der Waals surface area (Å²) in [5, 5.41) is 3.64. The summed E-state index contributed by atoms with van der Waals surface area (Å²) in [6, 6.07) is 3.29. The normalized spacial score (nSPS) is 17.2. The number of hydrogen-bond acceptors (Lipinski definition) is 6. The van der Waals surface area contributed by atoms with E-state index in [1.54, 1.807) is 17.2 Å². The number of nitrogens with one attached hydrogen (secondary N) is 1. The minimum atomic E-state index is -0.168. The molecular weight excluding hydrogens is 310 g/mol. The van der Waals surface area contributed by atoms with E-state index in [2.05, 4.69) is 15.1 Å². The molecule has 1 amide bonds. The van der Waals surface area contributed by atoms with E-state index in [4.69, 9.17) is 4.52 Å². The van der Waals surface area contributed by atoms with Crippen molar-refractivity contribution in [2.24, 2.45) is 0 Å². The second-order valence-electron chi connectivity index (χ2n) is 6.19. The van der Waals surface area contributed by atoms with Crippen molar-refractivity contribution in [1.82, 2.24) is 20.0 Å². The first-order valence-electron chi connectivity index (χ1n) is 7.99. The number of H-pyrrole nitrogens is 1. The zero-order valence-electron chi connectivity index (χ0n) is 13.9. The summed E-state index contributed by atoms with van der Waals surface area (Å²) in [7, 11) is 3.66. The van der Waals surface area contributed by atoms with Crippen molar-refractivity contribution in [2.75, 3.05) is 32.1 Å². The molecule has 3 rings (SSSR count). The van der Waals surface area contributed by atoms with Gasteiger partial charge in [0.15, 0.2) is 0 Å². The lowest BCUT2D eigenvalue weighted by Crippen LogP contribution is -2.29. The molecular formula is C16H21N5O3. The van der Waals surface area contributed by atoms with Crippen molar-refractivity contribution in [1.29, 1.82) is 0 Å². The smallest absolute Gasteiger partial charge is 0.252 e. The maximum Gasteiger partial charge on any atom is 0.252 e. The molecule has 2 aromatic rings. The molecule has 24 heavy (non-hydrogen) atoms. The lowest BCUT2D eigenvalue weighted by Gasteiger charge is -2.17.